The molecule has 0 unspecified atom stereocenters. The number of hydrogen-bond acceptors (Lipinski definition) is 5. The molecule has 0 aliphatic carbocycles. The van der Waals surface area contributed by atoms with E-state index in [0.717, 1.165) is 23.0 Å². The summed E-state index contributed by atoms with van der Waals surface area (Å²) in [6.45, 7) is 5.94. The average molecular weight is 264 g/mol. The summed E-state index contributed by atoms with van der Waals surface area (Å²) in [6, 6.07) is 3.75. The Labute approximate surface area is 110 Å². The molecule has 96 valence electrons. The highest BCUT2D eigenvalue weighted by Crippen LogP contribution is 2.24. The topological polar surface area (TPSA) is 49.5 Å². The van der Waals surface area contributed by atoms with Crippen LogP contribution in [0.3, 0.4) is 0 Å². The van der Waals surface area contributed by atoms with Gasteiger partial charge in [-0.25, -0.2) is 4.98 Å². The highest BCUT2D eigenvalue weighted by atomic mass is 32.1. The van der Waals surface area contributed by atoms with Crippen LogP contribution in [0.2, 0.25) is 0 Å². The van der Waals surface area contributed by atoms with E-state index in [9.17, 15) is 0 Å². The Morgan fingerprint density at radius 1 is 1.56 bits per heavy atom. The first kappa shape index (κ1) is 13.0. The summed E-state index contributed by atoms with van der Waals surface area (Å²) in [5.74, 6) is 0.795. The minimum atomic E-state index is 0.142. The second-order valence-electron chi connectivity index (χ2n) is 3.87. The third kappa shape index (κ3) is 3.29. The molecule has 0 atom stereocenters. The van der Waals surface area contributed by atoms with Gasteiger partial charge in [0, 0.05) is 25.0 Å². The van der Waals surface area contributed by atoms with Gasteiger partial charge in [-0.3, -0.25) is 4.90 Å². The predicted molar refractivity (Wildman–Crippen MR) is 72.4 cm³/mol. The fourth-order valence-electron chi connectivity index (χ4n) is 1.68. The quantitative estimate of drug-likeness (QED) is 0.780. The number of thiazole rings is 1. The van der Waals surface area contributed by atoms with Crippen molar-refractivity contribution in [1.82, 2.24) is 9.88 Å². The maximum Gasteiger partial charge on any atom is 0.162 e. The molecule has 1 N–H and O–H groups in total. The highest BCUT2D eigenvalue weighted by Gasteiger charge is 2.10. The summed E-state index contributed by atoms with van der Waals surface area (Å²) in [6.07, 6.45) is 3.47. The number of aromatic nitrogens is 1. The molecule has 0 spiro atoms. The first-order chi connectivity index (χ1) is 8.83. The lowest BCUT2D eigenvalue weighted by atomic mass is 10.4. The van der Waals surface area contributed by atoms with Crippen molar-refractivity contribution < 1.29 is 9.52 Å². The van der Waals surface area contributed by atoms with Crippen LogP contribution in [0.15, 0.2) is 40.8 Å². The Kier molecular flexibility index (Phi) is 4.69. The van der Waals surface area contributed by atoms with Gasteiger partial charge in [-0.05, 0) is 12.1 Å². The molecular formula is C13H16N2O2S. The number of aliphatic hydroxyl groups is 1. The minimum Gasteiger partial charge on any atom is -0.462 e. The molecule has 0 saturated heterocycles. The smallest absolute Gasteiger partial charge is 0.162 e. The van der Waals surface area contributed by atoms with Crippen LogP contribution in [0.25, 0.3) is 10.8 Å². The first-order valence-electron chi connectivity index (χ1n) is 5.76. The Bertz CT molecular complexity index is 479. The van der Waals surface area contributed by atoms with E-state index in [0.29, 0.717) is 13.1 Å². The fraction of sp³-hybridized carbons (Fsp3) is 0.308. The molecular weight excluding hydrogens is 248 g/mol. The molecule has 18 heavy (non-hydrogen) atoms. The van der Waals surface area contributed by atoms with Gasteiger partial charge in [0.25, 0.3) is 0 Å². The Morgan fingerprint density at radius 2 is 2.44 bits per heavy atom. The molecule has 0 aliphatic rings. The van der Waals surface area contributed by atoms with Gasteiger partial charge in [0.1, 0.15) is 0 Å². The van der Waals surface area contributed by atoms with Crippen LogP contribution in [0.5, 0.6) is 0 Å². The number of aliphatic hydroxyl groups excluding tert-OH is 1. The lowest BCUT2D eigenvalue weighted by Crippen LogP contribution is -2.26. The first-order valence-corrected chi connectivity index (χ1v) is 6.64. The molecule has 0 saturated carbocycles. The summed E-state index contributed by atoms with van der Waals surface area (Å²) >= 11 is 1.57. The van der Waals surface area contributed by atoms with Crippen LogP contribution in [0.4, 0.5) is 0 Å². The van der Waals surface area contributed by atoms with Gasteiger partial charge in [0.2, 0.25) is 0 Å². The fourth-order valence-corrected chi connectivity index (χ4v) is 2.46. The van der Waals surface area contributed by atoms with Gasteiger partial charge in [-0.2, -0.15) is 0 Å². The van der Waals surface area contributed by atoms with Gasteiger partial charge in [0.05, 0.1) is 18.6 Å². The van der Waals surface area contributed by atoms with E-state index in [4.69, 9.17) is 9.52 Å². The van der Waals surface area contributed by atoms with Crippen LogP contribution >= 0.6 is 11.3 Å². The molecule has 2 aromatic rings. The van der Waals surface area contributed by atoms with Gasteiger partial charge in [-0.15, -0.1) is 17.9 Å². The highest BCUT2D eigenvalue weighted by molar-refractivity contribution is 7.13. The molecule has 0 bridgehead atoms. The molecule has 2 heterocycles. The average Bonchev–Trinajstić information content (AvgIpc) is 2.98. The third-order valence-electron chi connectivity index (χ3n) is 2.47. The van der Waals surface area contributed by atoms with Crippen LogP contribution in [-0.2, 0) is 6.54 Å². The van der Waals surface area contributed by atoms with E-state index >= 15 is 0 Å². The molecule has 0 aliphatic heterocycles. The van der Waals surface area contributed by atoms with Gasteiger partial charge < -0.3 is 9.52 Å². The second-order valence-corrected chi connectivity index (χ2v) is 4.73. The van der Waals surface area contributed by atoms with Crippen LogP contribution < -0.4 is 0 Å². The Hall–Kier alpha value is -1.43. The van der Waals surface area contributed by atoms with Crippen molar-refractivity contribution >= 4 is 11.3 Å². The number of hydrogen-bond donors (Lipinski definition) is 1. The van der Waals surface area contributed by atoms with E-state index in [2.05, 4.69) is 16.5 Å². The summed E-state index contributed by atoms with van der Waals surface area (Å²) in [5.41, 5.74) is 0.988. The molecule has 0 radical (unpaired) electrons. The van der Waals surface area contributed by atoms with Crippen molar-refractivity contribution in [3.63, 3.8) is 0 Å². The summed E-state index contributed by atoms with van der Waals surface area (Å²) in [7, 11) is 0. The molecule has 4 nitrogen and oxygen atoms in total. The predicted octanol–water partition coefficient (Wildman–Crippen LogP) is 2.38. The van der Waals surface area contributed by atoms with Crippen LogP contribution in [0.1, 0.15) is 5.69 Å². The van der Waals surface area contributed by atoms with E-state index < -0.39 is 0 Å². The van der Waals surface area contributed by atoms with Crippen molar-refractivity contribution in [3.8, 4) is 10.8 Å². The van der Waals surface area contributed by atoms with E-state index in [1.807, 2.05) is 23.6 Å². The minimum absolute atomic E-state index is 0.142. The number of nitrogens with zero attached hydrogens (tertiary/aromatic N) is 2. The summed E-state index contributed by atoms with van der Waals surface area (Å²) in [4.78, 5) is 6.62. The lowest BCUT2D eigenvalue weighted by Gasteiger charge is -2.17. The van der Waals surface area contributed by atoms with Crippen molar-refractivity contribution in [2.45, 2.75) is 6.54 Å². The number of rotatable bonds is 7. The lowest BCUT2D eigenvalue weighted by molar-refractivity contribution is 0.202. The van der Waals surface area contributed by atoms with Crippen molar-refractivity contribution in [2.24, 2.45) is 0 Å². The zero-order valence-corrected chi connectivity index (χ0v) is 10.9. The van der Waals surface area contributed by atoms with Gasteiger partial charge in [-0.1, -0.05) is 6.08 Å². The molecule has 5 heteroatoms. The van der Waals surface area contributed by atoms with E-state index in [1.54, 1.807) is 17.6 Å². The number of furan rings is 1. The molecule has 0 aromatic carbocycles. The van der Waals surface area contributed by atoms with Crippen molar-refractivity contribution in [2.75, 3.05) is 19.7 Å². The van der Waals surface area contributed by atoms with Crippen molar-refractivity contribution in [3.05, 3.63) is 42.1 Å². The monoisotopic (exact) mass is 264 g/mol. The maximum absolute atomic E-state index is 8.99. The zero-order valence-electron chi connectivity index (χ0n) is 10.1. The summed E-state index contributed by atoms with van der Waals surface area (Å²) < 4.78 is 5.31. The molecule has 2 rings (SSSR count). The van der Waals surface area contributed by atoms with E-state index in [-0.39, 0.29) is 6.61 Å². The molecule has 0 amide bonds. The SMILES string of the molecule is C=CCN(CCO)Cc1csc(-c2ccco2)n1. The second kappa shape index (κ2) is 6.49. The maximum atomic E-state index is 8.99. The molecule has 0 fully saturated rings. The van der Waals surface area contributed by atoms with Gasteiger partial charge >= 0.3 is 0 Å². The summed E-state index contributed by atoms with van der Waals surface area (Å²) in [5, 5.41) is 11.9. The van der Waals surface area contributed by atoms with E-state index in [1.165, 1.54) is 0 Å². The largest absolute Gasteiger partial charge is 0.462 e. The Balaban J connectivity index is 2.03. The Morgan fingerprint density at radius 3 is 3.11 bits per heavy atom. The molecule has 2 aromatic heterocycles. The zero-order chi connectivity index (χ0) is 12.8. The standard InChI is InChI=1S/C13H16N2O2S/c1-2-5-15(6-7-16)9-11-10-18-13(14-11)12-4-3-8-17-12/h2-4,8,10,16H,1,5-7,9H2. The normalized spacial score (nSPS) is 11.0. The van der Waals surface area contributed by atoms with Crippen LogP contribution in [-0.4, -0.2) is 34.7 Å². The van der Waals surface area contributed by atoms with Crippen LogP contribution in [0, 0.1) is 0 Å². The third-order valence-corrected chi connectivity index (χ3v) is 3.38. The van der Waals surface area contributed by atoms with Gasteiger partial charge in [0.15, 0.2) is 10.8 Å². The van der Waals surface area contributed by atoms with Crippen molar-refractivity contribution in [1.29, 1.82) is 0 Å².